The largest absolute Gasteiger partial charge is 0.496 e. The molecule has 0 aliphatic carbocycles. The van der Waals surface area contributed by atoms with E-state index in [1.54, 1.807) is 49.6 Å². The van der Waals surface area contributed by atoms with E-state index in [1.165, 1.54) is 6.07 Å². The number of H-pyrrole nitrogens is 1. The third-order valence-corrected chi connectivity index (χ3v) is 9.65. The van der Waals surface area contributed by atoms with Crippen molar-refractivity contribution >= 4 is 57.3 Å². The molecule has 0 unspecified atom stereocenters. The summed E-state index contributed by atoms with van der Waals surface area (Å²) < 4.78 is 33.0. The molecule has 10 nitrogen and oxygen atoms in total. The molecule has 50 heavy (non-hydrogen) atoms. The SMILES string of the molecule is COc1ccc(C(=O)Nc2ccc(CNc3ccc(-c4nc5cc(CC(=O)NCB6OC(C)(C)C(C)(C)O6)ccc5[nH]4)cc3F)cc2)cc1Br. The Hall–Kier alpha value is -4.72. The van der Waals surface area contributed by atoms with Crippen LogP contribution in [-0.2, 0) is 27.1 Å². The molecule has 5 aromatic rings. The molecule has 1 aliphatic heterocycles. The van der Waals surface area contributed by atoms with Gasteiger partial charge in [-0.2, -0.15) is 0 Å². The number of carbonyl (C=O) groups excluding carboxylic acids is 2. The molecule has 4 N–H and O–H groups in total. The van der Waals surface area contributed by atoms with E-state index in [1.807, 2.05) is 58.0 Å². The molecule has 1 saturated heterocycles. The minimum absolute atomic E-state index is 0.152. The van der Waals surface area contributed by atoms with Crippen molar-refractivity contribution in [3.63, 3.8) is 0 Å². The Morgan fingerprint density at radius 3 is 2.34 bits per heavy atom. The van der Waals surface area contributed by atoms with Gasteiger partial charge in [0.15, 0.2) is 0 Å². The Labute approximate surface area is 298 Å². The molecule has 4 aromatic carbocycles. The number of ether oxygens (including phenoxy) is 1. The number of carbonyl (C=O) groups is 2. The van der Waals surface area contributed by atoms with Gasteiger partial charge < -0.3 is 35.0 Å². The summed E-state index contributed by atoms with van der Waals surface area (Å²) >= 11 is 3.40. The fourth-order valence-corrected chi connectivity index (χ4v) is 6.05. The number of hydrogen-bond acceptors (Lipinski definition) is 7. The number of hydrogen-bond donors (Lipinski definition) is 4. The second-order valence-electron chi connectivity index (χ2n) is 13.2. The Bertz CT molecular complexity index is 2040. The highest BCUT2D eigenvalue weighted by molar-refractivity contribution is 9.10. The van der Waals surface area contributed by atoms with Crippen LogP contribution >= 0.6 is 15.9 Å². The summed E-state index contributed by atoms with van der Waals surface area (Å²) in [6, 6.07) is 22.9. The van der Waals surface area contributed by atoms with Gasteiger partial charge in [-0.25, -0.2) is 9.37 Å². The number of imidazole rings is 1. The van der Waals surface area contributed by atoms with Crippen LogP contribution in [0.3, 0.4) is 0 Å². The topological polar surface area (TPSA) is 127 Å². The maximum Gasteiger partial charge on any atom is 0.478 e. The van der Waals surface area contributed by atoms with E-state index in [4.69, 9.17) is 14.0 Å². The van der Waals surface area contributed by atoms with Crippen molar-refractivity contribution < 1.29 is 28.0 Å². The fourth-order valence-electron chi connectivity index (χ4n) is 5.51. The normalized spacial score (nSPS) is 14.8. The Morgan fingerprint density at radius 2 is 1.66 bits per heavy atom. The van der Waals surface area contributed by atoms with Gasteiger partial charge in [-0.3, -0.25) is 9.59 Å². The number of methoxy groups -OCH3 is 1. The maximum absolute atomic E-state index is 15.2. The van der Waals surface area contributed by atoms with Gasteiger partial charge in [0.1, 0.15) is 17.4 Å². The van der Waals surface area contributed by atoms with E-state index in [-0.39, 0.29) is 24.7 Å². The molecular formula is C37H38BBrFN5O5. The van der Waals surface area contributed by atoms with Crippen LogP contribution in [0.15, 0.2) is 83.3 Å². The van der Waals surface area contributed by atoms with Crippen LogP contribution in [0.4, 0.5) is 15.8 Å². The molecular weight excluding hydrogens is 704 g/mol. The number of halogens is 2. The Balaban J connectivity index is 1.02. The van der Waals surface area contributed by atoms with E-state index in [0.29, 0.717) is 50.6 Å². The second-order valence-corrected chi connectivity index (χ2v) is 14.0. The highest BCUT2D eigenvalue weighted by atomic mass is 79.9. The number of fused-ring (bicyclic) bond motifs is 1. The molecule has 2 heterocycles. The minimum Gasteiger partial charge on any atom is -0.496 e. The van der Waals surface area contributed by atoms with Crippen LogP contribution in [0, 0.1) is 5.82 Å². The highest BCUT2D eigenvalue weighted by Gasteiger charge is 2.50. The van der Waals surface area contributed by atoms with E-state index in [2.05, 4.69) is 41.8 Å². The first-order valence-corrected chi connectivity index (χ1v) is 17.0. The van der Waals surface area contributed by atoms with Crippen molar-refractivity contribution in [1.82, 2.24) is 15.3 Å². The van der Waals surface area contributed by atoms with Crippen molar-refractivity contribution in [1.29, 1.82) is 0 Å². The van der Waals surface area contributed by atoms with Crippen LogP contribution in [-0.4, -0.2) is 53.7 Å². The molecule has 13 heteroatoms. The van der Waals surface area contributed by atoms with Gasteiger partial charge in [-0.05, 0) is 115 Å². The van der Waals surface area contributed by atoms with Gasteiger partial charge in [0, 0.05) is 23.4 Å². The summed E-state index contributed by atoms with van der Waals surface area (Å²) in [5.41, 5.74) is 4.32. The molecule has 0 atom stereocenters. The summed E-state index contributed by atoms with van der Waals surface area (Å²) in [6.07, 6.45) is 0.430. The van der Waals surface area contributed by atoms with Gasteiger partial charge in [-0.15, -0.1) is 0 Å². The lowest BCUT2D eigenvalue weighted by atomic mass is 9.90. The van der Waals surface area contributed by atoms with E-state index < -0.39 is 24.1 Å². The average Bonchev–Trinajstić information content (AvgIpc) is 3.59. The third kappa shape index (κ3) is 7.85. The third-order valence-electron chi connectivity index (χ3n) is 9.03. The molecule has 0 saturated carbocycles. The molecule has 0 bridgehead atoms. The summed E-state index contributed by atoms with van der Waals surface area (Å²) in [5.74, 6) is 0.345. The van der Waals surface area contributed by atoms with Crippen LogP contribution in [0.25, 0.3) is 22.4 Å². The zero-order chi connectivity index (χ0) is 35.6. The lowest BCUT2D eigenvalue weighted by Gasteiger charge is -2.32. The van der Waals surface area contributed by atoms with Crippen LogP contribution in [0.2, 0.25) is 0 Å². The lowest BCUT2D eigenvalue weighted by Crippen LogP contribution is -2.41. The van der Waals surface area contributed by atoms with Gasteiger partial charge >= 0.3 is 7.12 Å². The number of benzene rings is 4. The summed E-state index contributed by atoms with van der Waals surface area (Å²) in [6.45, 7) is 8.27. The van der Waals surface area contributed by atoms with Gasteiger partial charge in [0.25, 0.3) is 5.91 Å². The summed E-state index contributed by atoms with van der Waals surface area (Å²) in [7, 11) is 1.06. The zero-order valence-corrected chi connectivity index (χ0v) is 30.0. The Morgan fingerprint density at radius 1 is 0.940 bits per heavy atom. The average molecular weight is 742 g/mol. The van der Waals surface area contributed by atoms with Crippen molar-refractivity contribution in [2.24, 2.45) is 0 Å². The first kappa shape index (κ1) is 35.1. The number of aromatic amines is 1. The number of anilines is 2. The van der Waals surface area contributed by atoms with Gasteiger partial charge in [0.05, 0.1) is 52.4 Å². The molecule has 6 rings (SSSR count). The zero-order valence-electron chi connectivity index (χ0n) is 28.4. The molecule has 1 aliphatic rings. The van der Waals surface area contributed by atoms with Crippen molar-refractivity contribution in [2.45, 2.75) is 51.9 Å². The number of amides is 2. The lowest BCUT2D eigenvalue weighted by molar-refractivity contribution is -0.120. The van der Waals surface area contributed by atoms with Crippen LogP contribution in [0.1, 0.15) is 49.2 Å². The van der Waals surface area contributed by atoms with E-state index in [0.717, 1.165) is 16.6 Å². The highest BCUT2D eigenvalue weighted by Crippen LogP contribution is 2.36. The van der Waals surface area contributed by atoms with Crippen LogP contribution in [0.5, 0.6) is 5.75 Å². The molecule has 0 spiro atoms. The standard InChI is InChI=1S/C37H38BBrFN5O5/c1-36(2)37(3,4)50-38(49-36)21-42-33(46)17-23-8-13-30-31(16-23)45-34(44-30)24-9-14-29(28(40)19-24)41-20-22-6-11-26(12-7-22)43-35(47)25-10-15-32(48-5)27(39)18-25/h6-16,18-19,41H,17,20-21H2,1-5H3,(H,42,46)(H,43,47)(H,44,45). The van der Waals surface area contributed by atoms with Crippen molar-refractivity contribution in [3.8, 4) is 17.1 Å². The molecule has 1 fully saturated rings. The smallest absolute Gasteiger partial charge is 0.478 e. The predicted octanol–water partition coefficient (Wildman–Crippen LogP) is 7.29. The van der Waals surface area contributed by atoms with Crippen molar-refractivity contribution in [3.05, 3.63) is 106 Å². The first-order chi connectivity index (χ1) is 23.8. The number of aromatic nitrogens is 2. The number of nitrogens with zero attached hydrogens (tertiary/aromatic N) is 1. The van der Waals surface area contributed by atoms with Gasteiger partial charge in [-0.1, -0.05) is 18.2 Å². The van der Waals surface area contributed by atoms with Crippen LogP contribution < -0.4 is 20.7 Å². The Kier molecular flexibility index (Phi) is 10.0. The second kappa shape index (κ2) is 14.3. The number of rotatable bonds is 11. The molecule has 1 aromatic heterocycles. The van der Waals surface area contributed by atoms with E-state index >= 15 is 4.39 Å². The maximum atomic E-state index is 15.2. The van der Waals surface area contributed by atoms with Crippen molar-refractivity contribution in [2.75, 3.05) is 24.2 Å². The van der Waals surface area contributed by atoms with E-state index in [9.17, 15) is 9.59 Å². The molecule has 258 valence electrons. The molecule has 0 radical (unpaired) electrons. The predicted molar refractivity (Wildman–Crippen MR) is 197 cm³/mol. The first-order valence-electron chi connectivity index (χ1n) is 16.2. The molecule has 2 amide bonds. The van der Waals surface area contributed by atoms with Gasteiger partial charge in [0.2, 0.25) is 5.91 Å². The monoisotopic (exact) mass is 741 g/mol. The summed E-state index contributed by atoms with van der Waals surface area (Å²) in [4.78, 5) is 33.3. The number of nitrogens with one attached hydrogen (secondary N) is 4. The minimum atomic E-state index is -0.510. The quantitative estimate of drug-likeness (QED) is 0.105. The fraction of sp³-hybridized carbons (Fsp3) is 0.270. The summed E-state index contributed by atoms with van der Waals surface area (Å²) in [5, 5.41) is 8.91.